The van der Waals surface area contributed by atoms with Gasteiger partial charge in [0.1, 0.15) is 5.78 Å². The highest BCUT2D eigenvalue weighted by molar-refractivity contribution is 6.07. The average Bonchev–Trinajstić information content (AvgIpc) is 2.27. The van der Waals surface area contributed by atoms with Crippen LogP contribution in [0.4, 0.5) is 0 Å². The summed E-state index contributed by atoms with van der Waals surface area (Å²) >= 11 is 0. The molecular weight excluding hydrogens is 248 g/mol. The number of ketones is 2. The van der Waals surface area contributed by atoms with Gasteiger partial charge in [-0.15, -0.1) is 0 Å². The van der Waals surface area contributed by atoms with Gasteiger partial charge in [-0.3, -0.25) is 14.4 Å². The maximum absolute atomic E-state index is 12.5. The largest absolute Gasteiger partial charge is 0.465 e. The zero-order valence-electron chi connectivity index (χ0n) is 11.7. The molecule has 5 nitrogen and oxygen atoms in total. The zero-order valence-corrected chi connectivity index (χ0v) is 11.7. The third kappa shape index (κ3) is 2.31. The summed E-state index contributed by atoms with van der Waals surface area (Å²) in [6.45, 7) is 5.53. The van der Waals surface area contributed by atoms with Crippen molar-refractivity contribution in [1.82, 2.24) is 0 Å². The van der Waals surface area contributed by atoms with Crippen LogP contribution >= 0.6 is 0 Å². The van der Waals surface area contributed by atoms with E-state index in [1.807, 2.05) is 0 Å². The van der Waals surface area contributed by atoms with Crippen LogP contribution < -0.4 is 0 Å². The number of hydrogen-bond donors (Lipinski definition) is 0. The minimum atomic E-state index is -1.26. The van der Waals surface area contributed by atoms with Crippen LogP contribution in [-0.4, -0.2) is 35.8 Å². The maximum Gasteiger partial charge on any atom is 0.322 e. The summed E-state index contributed by atoms with van der Waals surface area (Å²) in [6, 6.07) is 0. The van der Waals surface area contributed by atoms with Gasteiger partial charge in [0.2, 0.25) is 0 Å². The fraction of sp³-hybridized carbons (Fsp3) is 0.786. The number of fused-ring (bicyclic) bond motifs is 1. The Balaban J connectivity index is 2.37. The molecule has 106 valence electrons. The number of carbonyl (C=O) groups excluding carboxylic acids is 3. The van der Waals surface area contributed by atoms with Crippen LogP contribution in [-0.2, 0) is 23.9 Å². The van der Waals surface area contributed by atoms with E-state index in [0.717, 1.165) is 0 Å². The molecule has 5 heteroatoms. The first-order valence-corrected chi connectivity index (χ1v) is 6.72. The molecule has 1 saturated heterocycles. The molecule has 0 spiro atoms. The van der Waals surface area contributed by atoms with Crippen LogP contribution in [0.15, 0.2) is 0 Å². The summed E-state index contributed by atoms with van der Waals surface area (Å²) in [6.07, 6.45) is 0.0728. The fourth-order valence-corrected chi connectivity index (χ4v) is 3.02. The lowest BCUT2D eigenvalue weighted by atomic mass is 9.64. The van der Waals surface area contributed by atoms with E-state index in [0.29, 0.717) is 0 Å². The Morgan fingerprint density at radius 1 is 1.42 bits per heavy atom. The summed E-state index contributed by atoms with van der Waals surface area (Å²) in [5, 5.41) is 0. The van der Waals surface area contributed by atoms with Gasteiger partial charge in [-0.2, -0.15) is 0 Å². The summed E-state index contributed by atoms with van der Waals surface area (Å²) in [7, 11) is 0. The highest BCUT2D eigenvalue weighted by atomic mass is 16.5. The zero-order chi connectivity index (χ0) is 14.3. The van der Waals surface area contributed by atoms with E-state index >= 15 is 0 Å². The van der Waals surface area contributed by atoms with Gasteiger partial charge in [0, 0.05) is 19.3 Å². The van der Waals surface area contributed by atoms with Gasteiger partial charge in [0.25, 0.3) is 0 Å². The van der Waals surface area contributed by atoms with Gasteiger partial charge < -0.3 is 9.47 Å². The van der Waals surface area contributed by atoms with E-state index in [1.54, 1.807) is 20.8 Å². The lowest BCUT2D eigenvalue weighted by Crippen LogP contribution is -2.61. The van der Waals surface area contributed by atoms with Gasteiger partial charge in [-0.25, -0.2) is 0 Å². The molecule has 0 unspecified atom stereocenters. The lowest BCUT2D eigenvalue weighted by molar-refractivity contribution is -0.204. The van der Waals surface area contributed by atoms with Crippen LogP contribution in [0.25, 0.3) is 0 Å². The number of esters is 1. The molecule has 0 aromatic carbocycles. The molecule has 0 amide bonds. The van der Waals surface area contributed by atoms with Crippen LogP contribution in [0.2, 0.25) is 0 Å². The first kappa shape index (κ1) is 14.2. The summed E-state index contributed by atoms with van der Waals surface area (Å²) in [5.41, 5.74) is -1.89. The normalized spacial score (nSPS) is 33.7. The van der Waals surface area contributed by atoms with Crippen molar-refractivity contribution in [1.29, 1.82) is 0 Å². The van der Waals surface area contributed by atoms with Gasteiger partial charge in [-0.1, -0.05) is 0 Å². The van der Waals surface area contributed by atoms with Gasteiger partial charge in [-0.05, 0) is 27.2 Å². The molecule has 2 fully saturated rings. The van der Waals surface area contributed by atoms with E-state index in [4.69, 9.17) is 9.47 Å². The van der Waals surface area contributed by atoms with E-state index < -0.39 is 23.1 Å². The molecule has 0 aromatic rings. The minimum Gasteiger partial charge on any atom is -0.465 e. The second-order valence-corrected chi connectivity index (χ2v) is 5.90. The van der Waals surface area contributed by atoms with Crippen molar-refractivity contribution in [2.75, 3.05) is 6.61 Å². The highest BCUT2D eigenvalue weighted by Crippen LogP contribution is 2.46. The van der Waals surface area contributed by atoms with E-state index in [-0.39, 0.29) is 43.9 Å². The topological polar surface area (TPSA) is 69.7 Å². The molecule has 2 rings (SSSR count). The van der Waals surface area contributed by atoms with Crippen LogP contribution in [0.1, 0.15) is 46.5 Å². The molecule has 0 bridgehead atoms. The number of rotatable bonds is 2. The smallest absolute Gasteiger partial charge is 0.322 e. The summed E-state index contributed by atoms with van der Waals surface area (Å²) < 4.78 is 10.9. The van der Waals surface area contributed by atoms with Crippen molar-refractivity contribution in [2.24, 2.45) is 5.41 Å². The molecule has 2 aliphatic rings. The van der Waals surface area contributed by atoms with Crippen LogP contribution in [0.3, 0.4) is 0 Å². The van der Waals surface area contributed by atoms with Crippen LogP contribution in [0.5, 0.6) is 0 Å². The van der Waals surface area contributed by atoms with Gasteiger partial charge in [0.15, 0.2) is 11.2 Å². The third-order valence-electron chi connectivity index (χ3n) is 3.95. The number of hydrogen-bond acceptors (Lipinski definition) is 5. The fourth-order valence-electron chi connectivity index (χ4n) is 3.02. The van der Waals surface area contributed by atoms with Crippen molar-refractivity contribution in [3.05, 3.63) is 0 Å². The SMILES string of the molecule is CCOC(=O)[C@]12CCC(=O)C[C@H]1OC(C)(C)CC2=O. The van der Waals surface area contributed by atoms with E-state index in [9.17, 15) is 14.4 Å². The molecule has 1 heterocycles. The van der Waals surface area contributed by atoms with E-state index in [2.05, 4.69) is 0 Å². The Labute approximate surface area is 112 Å². The molecule has 2 atom stereocenters. The Morgan fingerprint density at radius 3 is 2.74 bits per heavy atom. The minimum absolute atomic E-state index is 0.0374. The van der Waals surface area contributed by atoms with Crippen LogP contribution in [0, 0.1) is 5.41 Å². The Bertz CT molecular complexity index is 426. The molecule has 19 heavy (non-hydrogen) atoms. The lowest BCUT2D eigenvalue weighted by Gasteiger charge is -2.48. The molecule has 0 N–H and O–H groups in total. The average molecular weight is 268 g/mol. The second kappa shape index (κ2) is 4.71. The second-order valence-electron chi connectivity index (χ2n) is 5.90. The van der Waals surface area contributed by atoms with Crippen molar-refractivity contribution in [3.63, 3.8) is 0 Å². The summed E-state index contributed by atoms with van der Waals surface area (Å²) in [5.74, 6) is -0.650. The maximum atomic E-state index is 12.5. The van der Waals surface area contributed by atoms with Crippen molar-refractivity contribution in [2.45, 2.75) is 58.2 Å². The number of Topliss-reactive ketones (excluding diaryl/α,β-unsaturated/α-hetero) is 2. The van der Waals surface area contributed by atoms with Crippen molar-refractivity contribution in [3.8, 4) is 0 Å². The quantitative estimate of drug-likeness (QED) is 0.559. The predicted molar refractivity (Wildman–Crippen MR) is 66.5 cm³/mol. The molecule has 0 aromatic heterocycles. The first-order chi connectivity index (χ1) is 8.82. The Morgan fingerprint density at radius 2 is 2.11 bits per heavy atom. The molecular formula is C14H20O5. The predicted octanol–water partition coefficient (Wildman–Crippen LogP) is 1.43. The Kier molecular flexibility index (Phi) is 3.51. The van der Waals surface area contributed by atoms with Gasteiger partial charge in [0.05, 0.1) is 18.3 Å². The monoisotopic (exact) mass is 268 g/mol. The number of ether oxygens (including phenoxy) is 2. The molecule has 0 radical (unpaired) electrons. The number of carbonyl (C=O) groups is 3. The molecule has 1 aliphatic heterocycles. The Hall–Kier alpha value is -1.23. The third-order valence-corrected chi connectivity index (χ3v) is 3.95. The molecule has 1 saturated carbocycles. The summed E-state index contributed by atoms with van der Waals surface area (Å²) in [4.78, 5) is 36.4. The standard InChI is InChI=1S/C14H20O5/c1-4-18-12(17)14-6-5-9(15)7-11(14)19-13(2,3)8-10(14)16/h11H,4-8H2,1-3H3/t11-,14+/m1/s1. The first-order valence-electron chi connectivity index (χ1n) is 6.72. The molecule has 1 aliphatic carbocycles. The highest BCUT2D eigenvalue weighted by Gasteiger charge is 2.60. The van der Waals surface area contributed by atoms with Crippen molar-refractivity contribution >= 4 is 17.5 Å². The van der Waals surface area contributed by atoms with Gasteiger partial charge >= 0.3 is 5.97 Å². The van der Waals surface area contributed by atoms with Crippen molar-refractivity contribution < 1.29 is 23.9 Å². The van der Waals surface area contributed by atoms with E-state index in [1.165, 1.54) is 0 Å².